The van der Waals surface area contributed by atoms with Gasteiger partial charge in [0.25, 0.3) is 0 Å². The van der Waals surface area contributed by atoms with E-state index in [0.29, 0.717) is 0 Å². The van der Waals surface area contributed by atoms with E-state index in [0.717, 1.165) is 54.3 Å². The van der Waals surface area contributed by atoms with Gasteiger partial charge in [0.2, 0.25) is 0 Å². The zero-order chi connectivity index (χ0) is 24.7. The lowest BCUT2D eigenvalue weighted by molar-refractivity contribution is 0.228. The summed E-state index contributed by atoms with van der Waals surface area (Å²) in [4.78, 5) is 9.22. The summed E-state index contributed by atoms with van der Waals surface area (Å²) in [5.41, 5.74) is 2.29. The van der Waals surface area contributed by atoms with E-state index in [1.165, 1.54) is 89.0 Å². The third kappa shape index (κ3) is 10.3. The molecule has 0 aliphatic heterocycles. The van der Waals surface area contributed by atoms with Crippen LogP contribution in [0.1, 0.15) is 116 Å². The fraction of sp³-hybridized carbons (Fsp3) is 0.688. The first-order valence-electron chi connectivity index (χ1n) is 14.7. The number of aromatic nitrogens is 2. The molecule has 0 spiro atoms. The van der Waals surface area contributed by atoms with Crippen molar-refractivity contribution in [1.82, 2.24) is 9.97 Å². The van der Waals surface area contributed by atoms with Gasteiger partial charge in [0, 0.05) is 18.0 Å². The van der Waals surface area contributed by atoms with Gasteiger partial charge in [-0.2, -0.15) is 0 Å². The molecule has 0 bridgehead atoms. The van der Waals surface area contributed by atoms with Crippen LogP contribution in [0.15, 0.2) is 36.7 Å². The fourth-order valence-corrected chi connectivity index (χ4v) is 5.41. The van der Waals surface area contributed by atoms with Crippen LogP contribution in [0.4, 0.5) is 0 Å². The Bertz CT molecular complexity index is 793. The lowest BCUT2D eigenvalue weighted by Crippen LogP contribution is -2.15. The van der Waals surface area contributed by atoms with E-state index in [4.69, 9.17) is 4.74 Å². The molecule has 3 rings (SSSR count). The summed E-state index contributed by atoms with van der Waals surface area (Å²) < 4.78 is 6.03. The van der Waals surface area contributed by atoms with Crippen molar-refractivity contribution in [2.75, 3.05) is 6.61 Å². The molecule has 1 aliphatic carbocycles. The molecule has 1 atom stereocenters. The summed E-state index contributed by atoms with van der Waals surface area (Å²) in [5.74, 6) is 4.51. The van der Waals surface area contributed by atoms with E-state index >= 15 is 0 Å². The molecule has 1 aromatic carbocycles. The molecule has 1 heterocycles. The van der Waals surface area contributed by atoms with Gasteiger partial charge in [-0.3, -0.25) is 0 Å². The largest absolute Gasteiger partial charge is 0.494 e. The number of benzene rings is 1. The van der Waals surface area contributed by atoms with Gasteiger partial charge < -0.3 is 4.74 Å². The Hall–Kier alpha value is -1.90. The smallest absolute Gasteiger partial charge is 0.159 e. The fourth-order valence-electron chi connectivity index (χ4n) is 5.41. The van der Waals surface area contributed by atoms with Crippen molar-refractivity contribution < 1.29 is 4.74 Å². The molecule has 1 saturated carbocycles. The maximum Gasteiger partial charge on any atom is 0.159 e. The van der Waals surface area contributed by atoms with Gasteiger partial charge in [-0.1, -0.05) is 91.4 Å². The van der Waals surface area contributed by atoms with Crippen LogP contribution in [0.3, 0.4) is 0 Å². The third-order valence-electron chi connectivity index (χ3n) is 8.13. The lowest BCUT2D eigenvalue weighted by Gasteiger charge is -2.28. The summed E-state index contributed by atoms with van der Waals surface area (Å²) in [6.45, 7) is 7.74. The summed E-state index contributed by atoms with van der Waals surface area (Å²) in [6.07, 6.45) is 24.1. The topological polar surface area (TPSA) is 35.0 Å². The van der Waals surface area contributed by atoms with Crippen molar-refractivity contribution in [2.45, 2.75) is 117 Å². The third-order valence-corrected chi connectivity index (χ3v) is 8.13. The summed E-state index contributed by atoms with van der Waals surface area (Å²) in [7, 11) is 0. The molecule has 0 radical (unpaired) electrons. The minimum atomic E-state index is 0.796. The first-order valence-corrected chi connectivity index (χ1v) is 14.7. The zero-order valence-corrected chi connectivity index (χ0v) is 22.8. The van der Waals surface area contributed by atoms with Crippen LogP contribution >= 0.6 is 0 Å². The first-order chi connectivity index (χ1) is 17.2. The highest BCUT2D eigenvalue weighted by molar-refractivity contribution is 5.55. The minimum absolute atomic E-state index is 0.796. The van der Waals surface area contributed by atoms with Crippen LogP contribution in [0.2, 0.25) is 0 Å². The Balaban J connectivity index is 1.31. The molecule has 35 heavy (non-hydrogen) atoms. The maximum absolute atomic E-state index is 6.03. The molecule has 2 aromatic rings. The quantitative estimate of drug-likeness (QED) is 0.225. The number of rotatable bonds is 16. The van der Waals surface area contributed by atoms with Crippen molar-refractivity contribution in [3.63, 3.8) is 0 Å². The van der Waals surface area contributed by atoms with E-state index in [1.807, 2.05) is 12.4 Å². The highest BCUT2D eigenvalue weighted by Gasteiger charge is 2.20. The predicted octanol–water partition coefficient (Wildman–Crippen LogP) is 9.45. The second-order valence-corrected chi connectivity index (χ2v) is 11.1. The summed E-state index contributed by atoms with van der Waals surface area (Å²) in [6, 6.07) is 8.28. The molecular weight excluding hydrogens is 428 g/mol. The van der Waals surface area contributed by atoms with Crippen LogP contribution in [-0.2, 0) is 6.42 Å². The Morgan fingerprint density at radius 1 is 0.829 bits per heavy atom. The Morgan fingerprint density at radius 3 is 2.11 bits per heavy atom. The van der Waals surface area contributed by atoms with Gasteiger partial charge in [0.05, 0.1) is 6.61 Å². The molecule has 0 amide bonds. The average molecular weight is 479 g/mol. The number of nitrogens with zero attached hydrogens (tertiary/aromatic N) is 2. The molecule has 0 saturated heterocycles. The van der Waals surface area contributed by atoms with E-state index in [9.17, 15) is 0 Å². The lowest BCUT2D eigenvalue weighted by atomic mass is 9.78. The van der Waals surface area contributed by atoms with Crippen molar-refractivity contribution in [3.8, 4) is 17.1 Å². The Kier molecular flexibility index (Phi) is 12.6. The summed E-state index contributed by atoms with van der Waals surface area (Å²) >= 11 is 0. The number of hydrogen-bond acceptors (Lipinski definition) is 3. The number of ether oxygens (including phenoxy) is 1. The first kappa shape index (κ1) is 27.7. The van der Waals surface area contributed by atoms with E-state index < -0.39 is 0 Å². The Labute approximate surface area is 215 Å². The van der Waals surface area contributed by atoms with Gasteiger partial charge in [-0.05, 0) is 73.3 Å². The van der Waals surface area contributed by atoms with Crippen molar-refractivity contribution >= 4 is 0 Å². The highest BCUT2D eigenvalue weighted by atomic mass is 16.5. The van der Waals surface area contributed by atoms with Crippen molar-refractivity contribution in [2.24, 2.45) is 17.8 Å². The average Bonchev–Trinajstić information content (AvgIpc) is 2.90. The molecule has 3 nitrogen and oxygen atoms in total. The second kappa shape index (κ2) is 16.0. The highest BCUT2D eigenvalue weighted by Crippen LogP contribution is 2.34. The number of unbranched alkanes of at least 4 members (excludes halogenated alkanes) is 3. The van der Waals surface area contributed by atoms with Gasteiger partial charge >= 0.3 is 0 Å². The van der Waals surface area contributed by atoms with Crippen LogP contribution in [0.5, 0.6) is 5.75 Å². The molecule has 0 unspecified atom stereocenters. The van der Waals surface area contributed by atoms with Crippen LogP contribution in [0.25, 0.3) is 11.4 Å². The Morgan fingerprint density at radius 2 is 1.49 bits per heavy atom. The molecule has 0 N–H and O–H groups in total. The van der Waals surface area contributed by atoms with Gasteiger partial charge in [-0.25, -0.2) is 9.97 Å². The van der Waals surface area contributed by atoms with Crippen molar-refractivity contribution in [3.05, 3.63) is 42.2 Å². The molecule has 1 fully saturated rings. The minimum Gasteiger partial charge on any atom is -0.494 e. The molecule has 1 aliphatic rings. The van der Waals surface area contributed by atoms with E-state index in [2.05, 4.69) is 55.0 Å². The van der Waals surface area contributed by atoms with Crippen molar-refractivity contribution in [1.29, 1.82) is 0 Å². The van der Waals surface area contributed by atoms with Crippen LogP contribution < -0.4 is 4.74 Å². The maximum atomic E-state index is 6.03. The number of hydrogen-bond donors (Lipinski definition) is 0. The summed E-state index contributed by atoms with van der Waals surface area (Å²) in [5, 5.41) is 0. The SMILES string of the molecule is CCCCC[C@H]1CC[C@H](CCCOc2ccc(-c3ncc(CCCC[C@@H](C)CC)cn3)cc2)CC1. The second-order valence-electron chi connectivity index (χ2n) is 11.1. The van der Waals surface area contributed by atoms with E-state index in [1.54, 1.807) is 0 Å². The van der Waals surface area contributed by atoms with Gasteiger partial charge in [0.15, 0.2) is 5.82 Å². The molecule has 1 aromatic heterocycles. The van der Waals surface area contributed by atoms with E-state index in [-0.39, 0.29) is 0 Å². The van der Waals surface area contributed by atoms with Gasteiger partial charge in [0.1, 0.15) is 5.75 Å². The van der Waals surface area contributed by atoms with Crippen LogP contribution in [0, 0.1) is 17.8 Å². The van der Waals surface area contributed by atoms with Gasteiger partial charge in [-0.15, -0.1) is 0 Å². The molecular formula is C32H50N2O. The standard InChI is InChI=1S/C32H50N2O/c1-4-6-7-12-27-15-17-28(18-16-27)14-10-23-35-31-21-19-30(20-22-31)32-33-24-29(25-34-32)13-9-8-11-26(3)5-2/h19-22,24-28H,4-18,23H2,1-3H3/t26-,27-,28-/m0/s1. The normalized spacial score (nSPS) is 18.9. The number of aryl methyl sites for hydroxylation is 1. The molecule has 194 valence electrons. The zero-order valence-electron chi connectivity index (χ0n) is 22.8. The molecule has 3 heteroatoms. The monoisotopic (exact) mass is 478 g/mol. The predicted molar refractivity (Wildman–Crippen MR) is 149 cm³/mol. The van der Waals surface area contributed by atoms with Crippen LogP contribution in [-0.4, -0.2) is 16.6 Å².